The lowest BCUT2D eigenvalue weighted by molar-refractivity contribution is -0.141. The Morgan fingerprint density at radius 2 is 1.73 bits per heavy atom. The van der Waals surface area contributed by atoms with Crippen LogP contribution in [0.5, 0.6) is 5.75 Å². The first-order valence-corrected chi connectivity index (χ1v) is 12.2. The highest BCUT2D eigenvalue weighted by Gasteiger charge is 2.51. The summed E-state index contributed by atoms with van der Waals surface area (Å²) < 4.78 is 54.9. The molecule has 4 rings (SSSR count). The van der Waals surface area contributed by atoms with E-state index in [1.807, 2.05) is 24.1 Å². The van der Waals surface area contributed by atoms with Crippen LogP contribution in [0.15, 0.2) is 48.5 Å². The van der Waals surface area contributed by atoms with Crippen LogP contribution in [0.25, 0.3) is 0 Å². The van der Waals surface area contributed by atoms with Gasteiger partial charge in [0.1, 0.15) is 17.9 Å². The molecule has 1 saturated carbocycles. The maximum atomic E-state index is 13.8. The zero-order valence-electron chi connectivity index (χ0n) is 20.9. The number of hydrogen-bond donors (Lipinski definition) is 1. The molecule has 7 nitrogen and oxygen atoms in total. The summed E-state index contributed by atoms with van der Waals surface area (Å²) >= 11 is 0. The Balaban J connectivity index is 1.43. The molecule has 0 unspecified atom stereocenters. The van der Waals surface area contributed by atoms with Crippen molar-refractivity contribution < 1.29 is 37.0 Å². The van der Waals surface area contributed by atoms with Crippen molar-refractivity contribution in [1.29, 1.82) is 0 Å². The number of methoxy groups -OCH3 is 1. The van der Waals surface area contributed by atoms with E-state index in [1.165, 1.54) is 19.2 Å². The van der Waals surface area contributed by atoms with Crippen LogP contribution in [-0.4, -0.2) is 62.8 Å². The van der Waals surface area contributed by atoms with Crippen LogP contribution >= 0.6 is 0 Å². The van der Waals surface area contributed by atoms with E-state index in [4.69, 9.17) is 14.2 Å². The van der Waals surface area contributed by atoms with Crippen LogP contribution in [0.4, 0.5) is 13.2 Å². The van der Waals surface area contributed by atoms with E-state index in [-0.39, 0.29) is 18.3 Å². The molecular weight excluding hydrogens is 489 g/mol. The quantitative estimate of drug-likeness (QED) is 0.501. The molecule has 2 aliphatic rings. The molecule has 0 bridgehead atoms. The molecule has 0 radical (unpaired) electrons. The fraction of sp³-hybridized carbons (Fsp3) is 0.481. The lowest BCUT2D eigenvalue weighted by Gasteiger charge is -2.43. The van der Waals surface area contributed by atoms with Crippen molar-refractivity contribution in [3.63, 3.8) is 0 Å². The van der Waals surface area contributed by atoms with Crippen molar-refractivity contribution in [2.24, 2.45) is 0 Å². The molecule has 1 aliphatic heterocycles. The normalized spacial score (nSPS) is 18.2. The first-order chi connectivity index (χ1) is 17.6. The Labute approximate surface area is 213 Å². The highest BCUT2D eigenvalue weighted by molar-refractivity contribution is 5.89. The minimum atomic E-state index is -4.45. The Morgan fingerprint density at radius 1 is 1.05 bits per heavy atom. The number of nitrogens with zero attached hydrogens (tertiary/aromatic N) is 1. The number of benzene rings is 2. The van der Waals surface area contributed by atoms with Gasteiger partial charge in [0.05, 0.1) is 23.8 Å². The van der Waals surface area contributed by atoms with Crippen molar-refractivity contribution >= 4 is 11.9 Å². The molecule has 1 N–H and O–H groups in total. The van der Waals surface area contributed by atoms with Gasteiger partial charge in [0.25, 0.3) is 0 Å². The predicted molar refractivity (Wildman–Crippen MR) is 129 cm³/mol. The van der Waals surface area contributed by atoms with Crippen LogP contribution in [0, 0.1) is 0 Å². The van der Waals surface area contributed by atoms with Gasteiger partial charge >= 0.3 is 12.1 Å². The average Bonchev–Trinajstić information content (AvgIpc) is 3.68. The van der Waals surface area contributed by atoms with Crippen molar-refractivity contribution in [3.05, 3.63) is 65.2 Å². The molecular formula is C27H31F3N2O5. The first kappa shape index (κ1) is 26.9. The molecule has 0 aromatic heterocycles. The summed E-state index contributed by atoms with van der Waals surface area (Å²) in [5.74, 6) is -0.413. The summed E-state index contributed by atoms with van der Waals surface area (Å²) in [5.41, 5.74) is -0.738. The molecule has 200 valence electrons. The van der Waals surface area contributed by atoms with Gasteiger partial charge in [-0.25, -0.2) is 4.79 Å². The number of nitrogens with one attached hydrogen (secondary N) is 1. The monoisotopic (exact) mass is 520 g/mol. The summed E-state index contributed by atoms with van der Waals surface area (Å²) in [6.07, 6.45) is -1.91. The maximum Gasteiger partial charge on any atom is 0.416 e. The molecule has 1 amide bonds. The summed E-state index contributed by atoms with van der Waals surface area (Å²) in [5, 5.41) is 3.25. The highest BCUT2D eigenvalue weighted by atomic mass is 19.4. The van der Waals surface area contributed by atoms with Crippen LogP contribution in [0.2, 0.25) is 0 Å². The van der Waals surface area contributed by atoms with Gasteiger partial charge in [-0.1, -0.05) is 18.2 Å². The van der Waals surface area contributed by atoms with Crippen molar-refractivity contribution in [2.75, 3.05) is 40.5 Å². The number of carbonyl (C=O) groups is 2. The third-order valence-corrected chi connectivity index (χ3v) is 7.29. The van der Waals surface area contributed by atoms with Crippen LogP contribution < -0.4 is 10.1 Å². The Bertz CT molecular complexity index is 1110. The number of ether oxygens (including phenoxy) is 3. The molecule has 2 fully saturated rings. The van der Waals surface area contributed by atoms with E-state index in [9.17, 15) is 22.8 Å². The molecule has 1 aliphatic carbocycles. The van der Waals surface area contributed by atoms with Gasteiger partial charge in [-0.15, -0.1) is 0 Å². The number of carbonyl (C=O) groups excluding carboxylic acids is 2. The molecule has 2 aromatic carbocycles. The zero-order valence-corrected chi connectivity index (χ0v) is 20.9. The van der Waals surface area contributed by atoms with Gasteiger partial charge in [-0.05, 0) is 68.6 Å². The number of hydrogen-bond acceptors (Lipinski definition) is 6. The Morgan fingerprint density at radius 3 is 2.32 bits per heavy atom. The van der Waals surface area contributed by atoms with Gasteiger partial charge in [0.15, 0.2) is 0 Å². The standard InChI is InChI=1S/C27H31F3N2O5/c1-32(14-17-37-22-5-3-4-21(18-22)27(28,29)30)26(12-15-36-16-13-26)24(34)31-25(10-11-25)20-8-6-19(7-9-20)23(33)35-2/h3-9,18H,10-17H2,1-2H3,(H,31,34). The minimum absolute atomic E-state index is 0.119. The SMILES string of the molecule is COC(=O)c1ccc(C2(NC(=O)C3(N(C)CCOc4cccc(C(F)(F)F)c4)CCOCC3)CC2)cc1. The molecule has 2 aromatic rings. The second-order valence-corrected chi connectivity index (χ2v) is 9.54. The first-order valence-electron chi connectivity index (χ1n) is 12.2. The number of amides is 1. The van der Waals surface area contributed by atoms with Gasteiger partial charge < -0.3 is 19.5 Å². The van der Waals surface area contributed by atoms with Gasteiger partial charge in [-0.3, -0.25) is 9.69 Å². The summed E-state index contributed by atoms with van der Waals surface area (Å²) in [6.45, 7) is 1.30. The fourth-order valence-corrected chi connectivity index (χ4v) is 4.76. The number of likely N-dealkylation sites (N-methyl/N-ethyl adjacent to an activating group) is 1. The predicted octanol–water partition coefficient (Wildman–Crippen LogP) is 4.16. The number of rotatable bonds is 9. The summed E-state index contributed by atoms with van der Waals surface area (Å²) in [6, 6.07) is 11.8. The van der Waals surface area contributed by atoms with Crippen molar-refractivity contribution in [3.8, 4) is 5.75 Å². The van der Waals surface area contributed by atoms with Gasteiger partial charge in [-0.2, -0.15) is 13.2 Å². The largest absolute Gasteiger partial charge is 0.492 e. The Hall–Kier alpha value is -3.11. The van der Waals surface area contributed by atoms with E-state index in [1.54, 1.807) is 12.1 Å². The van der Waals surface area contributed by atoms with Crippen molar-refractivity contribution in [1.82, 2.24) is 10.2 Å². The summed E-state index contributed by atoms with van der Waals surface area (Å²) in [4.78, 5) is 27.4. The molecule has 1 saturated heterocycles. The third kappa shape index (κ3) is 5.91. The van der Waals surface area contributed by atoms with Crippen molar-refractivity contribution in [2.45, 2.75) is 42.9 Å². The van der Waals surface area contributed by atoms with E-state index in [2.05, 4.69) is 5.32 Å². The van der Waals surface area contributed by atoms with E-state index >= 15 is 0 Å². The second-order valence-electron chi connectivity index (χ2n) is 9.54. The topological polar surface area (TPSA) is 77.1 Å². The second kappa shape index (κ2) is 10.7. The van der Waals surface area contributed by atoms with E-state index in [0.717, 1.165) is 30.5 Å². The highest BCUT2D eigenvalue weighted by Crippen LogP contribution is 2.46. The van der Waals surface area contributed by atoms with E-state index in [0.29, 0.717) is 38.2 Å². The lowest BCUT2D eigenvalue weighted by Crippen LogP contribution is -2.62. The molecule has 0 spiro atoms. The summed E-state index contributed by atoms with van der Waals surface area (Å²) in [7, 11) is 3.15. The molecule has 0 atom stereocenters. The lowest BCUT2D eigenvalue weighted by atomic mass is 9.86. The minimum Gasteiger partial charge on any atom is -0.492 e. The number of halogens is 3. The number of alkyl halides is 3. The fourth-order valence-electron chi connectivity index (χ4n) is 4.76. The zero-order chi connectivity index (χ0) is 26.7. The number of esters is 1. The molecule has 1 heterocycles. The van der Waals surface area contributed by atoms with Crippen LogP contribution in [0.1, 0.15) is 47.2 Å². The average molecular weight is 521 g/mol. The van der Waals surface area contributed by atoms with Crippen LogP contribution in [-0.2, 0) is 26.0 Å². The van der Waals surface area contributed by atoms with E-state index < -0.39 is 28.8 Å². The van der Waals surface area contributed by atoms with Gasteiger partial charge in [0, 0.05) is 19.8 Å². The molecule has 10 heteroatoms. The third-order valence-electron chi connectivity index (χ3n) is 7.29. The molecule has 37 heavy (non-hydrogen) atoms. The van der Waals surface area contributed by atoms with Crippen LogP contribution in [0.3, 0.4) is 0 Å². The Kier molecular flexibility index (Phi) is 7.80. The van der Waals surface area contributed by atoms with Gasteiger partial charge in [0.2, 0.25) is 5.91 Å². The maximum absolute atomic E-state index is 13.8. The smallest absolute Gasteiger partial charge is 0.416 e.